The van der Waals surface area contributed by atoms with Gasteiger partial charge in [0.15, 0.2) is 0 Å². The third-order valence-electron chi connectivity index (χ3n) is 4.02. The first-order valence-corrected chi connectivity index (χ1v) is 7.01. The normalized spacial score (nSPS) is 11.6. The molecule has 19 heavy (non-hydrogen) atoms. The van der Waals surface area contributed by atoms with E-state index in [1.807, 2.05) is 7.05 Å². The summed E-state index contributed by atoms with van der Waals surface area (Å²) < 4.78 is 2.30. The summed E-state index contributed by atoms with van der Waals surface area (Å²) in [7, 11) is 6.35. The molecule has 0 atom stereocenters. The highest BCUT2D eigenvalue weighted by atomic mass is 15.1. The molecule has 104 valence electrons. The highest BCUT2D eigenvalue weighted by molar-refractivity contribution is 5.85. The average molecular weight is 259 g/mol. The molecule has 0 aliphatic heterocycles. The van der Waals surface area contributed by atoms with E-state index in [1.54, 1.807) is 0 Å². The third kappa shape index (κ3) is 2.99. The van der Waals surface area contributed by atoms with Gasteiger partial charge < -0.3 is 14.8 Å². The second kappa shape index (κ2) is 6.22. The Bertz CT molecular complexity index is 542. The number of hydrogen-bond acceptors (Lipinski definition) is 2. The Kier molecular flexibility index (Phi) is 4.61. The van der Waals surface area contributed by atoms with Crippen molar-refractivity contribution in [2.75, 3.05) is 33.7 Å². The molecule has 0 bridgehead atoms. The minimum atomic E-state index is 1.05. The Morgan fingerprint density at radius 2 is 1.95 bits per heavy atom. The van der Waals surface area contributed by atoms with Gasteiger partial charge in [0.05, 0.1) is 0 Å². The Morgan fingerprint density at radius 3 is 2.68 bits per heavy atom. The van der Waals surface area contributed by atoms with E-state index in [0.717, 1.165) is 26.1 Å². The SMILES string of the molecule is CNCCN(C)CCc1c(C)n(C)c2ccccc12. The van der Waals surface area contributed by atoms with Crippen LogP contribution < -0.4 is 5.32 Å². The predicted molar refractivity (Wildman–Crippen MR) is 82.8 cm³/mol. The summed E-state index contributed by atoms with van der Waals surface area (Å²) in [6, 6.07) is 8.70. The van der Waals surface area contributed by atoms with Crippen LogP contribution in [0.25, 0.3) is 10.9 Å². The first-order chi connectivity index (χ1) is 9.15. The molecule has 1 aromatic carbocycles. The van der Waals surface area contributed by atoms with Crippen LogP contribution >= 0.6 is 0 Å². The third-order valence-corrected chi connectivity index (χ3v) is 4.02. The van der Waals surface area contributed by atoms with Crippen molar-refractivity contribution in [1.29, 1.82) is 0 Å². The maximum absolute atomic E-state index is 3.20. The van der Waals surface area contributed by atoms with Gasteiger partial charge in [-0.05, 0) is 39.1 Å². The van der Waals surface area contributed by atoms with Crippen LogP contribution in [0.3, 0.4) is 0 Å². The number of aromatic nitrogens is 1. The van der Waals surface area contributed by atoms with E-state index >= 15 is 0 Å². The molecule has 2 rings (SSSR count). The van der Waals surface area contributed by atoms with E-state index in [4.69, 9.17) is 0 Å². The van der Waals surface area contributed by atoms with E-state index in [1.165, 1.54) is 22.2 Å². The lowest BCUT2D eigenvalue weighted by atomic mass is 10.1. The van der Waals surface area contributed by atoms with Gasteiger partial charge in [0, 0.05) is 43.3 Å². The topological polar surface area (TPSA) is 20.2 Å². The maximum atomic E-state index is 3.20. The fourth-order valence-electron chi connectivity index (χ4n) is 2.63. The van der Waals surface area contributed by atoms with Gasteiger partial charge in [0.1, 0.15) is 0 Å². The number of benzene rings is 1. The summed E-state index contributed by atoms with van der Waals surface area (Å²) in [6.07, 6.45) is 1.12. The molecule has 3 nitrogen and oxygen atoms in total. The Labute approximate surface area is 116 Å². The van der Waals surface area contributed by atoms with Crippen molar-refractivity contribution in [2.45, 2.75) is 13.3 Å². The molecule has 0 radical (unpaired) electrons. The summed E-state index contributed by atoms with van der Waals surface area (Å²) in [5.41, 5.74) is 4.23. The monoisotopic (exact) mass is 259 g/mol. The predicted octanol–water partition coefficient (Wildman–Crippen LogP) is 2.18. The zero-order valence-corrected chi connectivity index (χ0v) is 12.5. The molecule has 1 heterocycles. The van der Waals surface area contributed by atoms with Crippen LogP contribution in [-0.4, -0.2) is 43.2 Å². The highest BCUT2D eigenvalue weighted by Gasteiger charge is 2.11. The second-order valence-electron chi connectivity index (χ2n) is 5.30. The molecule has 1 aromatic heterocycles. The Balaban J connectivity index is 2.14. The van der Waals surface area contributed by atoms with Gasteiger partial charge in [-0.2, -0.15) is 0 Å². The zero-order chi connectivity index (χ0) is 13.8. The molecule has 1 N–H and O–H groups in total. The molecule has 0 amide bonds. The molecule has 0 fully saturated rings. The second-order valence-corrected chi connectivity index (χ2v) is 5.30. The van der Waals surface area contributed by atoms with Crippen molar-refractivity contribution in [3.63, 3.8) is 0 Å². The summed E-state index contributed by atoms with van der Waals surface area (Å²) in [5, 5.41) is 4.60. The number of likely N-dealkylation sites (N-methyl/N-ethyl adjacent to an activating group) is 2. The van der Waals surface area contributed by atoms with Gasteiger partial charge in [0.25, 0.3) is 0 Å². The van der Waals surface area contributed by atoms with Crippen LogP contribution in [0, 0.1) is 6.92 Å². The van der Waals surface area contributed by atoms with Crippen LogP contribution in [0.4, 0.5) is 0 Å². The molecule has 3 heteroatoms. The standard InChI is InChI=1S/C16H25N3/c1-13-14(9-11-18(3)12-10-17-2)15-7-5-6-8-16(15)19(13)4/h5-8,17H,9-12H2,1-4H3. The minimum absolute atomic E-state index is 1.05. The van der Waals surface area contributed by atoms with Crippen LogP contribution in [0.2, 0.25) is 0 Å². The van der Waals surface area contributed by atoms with E-state index in [9.17, 15) is 0 Å². The average Bonchev–Trinajstić information content (AvgIpc) is 2.67. The molecular weight excluding hydrogens is 234 g/mol. The lowest BCUT2D eigenvalue weighted by Crippen LogP contribution is -2.29. The summed E-state index contributed by atoms with van der Waals surface area (Å²) in [5.74, 6) is 0. The lowest BCUT2D eigenvalue weighted by molar-refractivity contribution is 0.339. The molecule has 2 aromatic rings. The quantitative estimate of drug-likeness (QED) is 0.858. The van der Waals surface area contributed by atoms with Gasteiger partial charge in [-0.15, -0.1) is 0 Å². The number of nitrogens with zero attached hydrogens (tertiary/aromatic N) is 2. The van der Waals surface area contributed by atoms with Gasteiger partial charge >= 0.3 is 0 Å². The highest BCUT2D eigenvalue weighted by Crippen LogP contribution is 2.25. The number of fused-ring (bicyclic) bond motifs is 1. The number of para-hydroxylation sites is 1. The van der Waals surface area contributed by atoms with Gasteiger partial charge in [-0.1, -0.05) is 18.2 Å². The largest absolute Gasteiger partial charge is 0.348 e. The molecule has 0 aliphatic carbocycles. The van der Waals surface area contributed by atoms with Gasteiger partial charge in [-0.25, -0.2) is 0 Å². The summed E-state index contributed by atoms with van der Waals surface area (Å²) in [6.45, 7) is 5.48. The van der Waals surface area contributed by atoms with Gasteiger partial charge in [-0.3, -0.25) is 0 Å². The van der Waals surface area contributed by atoms with Crippen molar-refractivity contribution in [3.8, 4) is 0 Å². The first kappa shape index (κ1) is 14.1. The molecule has 0 spiro atoms. The van der Waals surface area contributed by atoms with Crippen molar-refractivity contribution in [2.24, 2.45) is 7.05 Å². The van der Waals surface area contributed by atoms with Crippen molar-refractivity contribution < 1.29 is 0 Å². The van der Waals surface area contributed by atoms with Crippen molar-refractivity contribution in [1.82, 2.24) is 14.8 Å². The minimum Gasteiger partial charge on any atom is -0.348 e. The molecule has 0 aliphatic rings. The number of aryl methyl sites for hydroxylation is 1. The van der Waals surface area contributed by atoms with E-state index < -0.39 is 0 Å². The molecule has 0 unspecified atom stereocenters. The molecular formula is C16H25N3. The van der Waals surface area contributed by atoms with Crippen LogP contribution in [0.5, 0.6) is 0 Å². The van der Waals surface area contributed by atoms with E-state index in [0.29, 0.717) is 0 Å². The fraction of sp³-hybridized carbons (Fsp3) is 0.500. The van der Waals surface area contributed by atoms with Crippen LogP contribution in [-0.2, 0) is 13.5 Å². The molecule has 0 saturated heterocycles. The van der Waals surface area contributed by atoms with Gasteiger partial charge in [0.2, 0.25) is 0 Å². The van der Waals surface area contributed by atoms with Crippen molar-refractivity contribution >= 4 is 10.9 Å². The Hall–Kier alpha value is -1.32. The summed E-state index contributed by atoms with van der Waals surface area (Å²) in [4.78, 5) is 2.39. The number of hydrogen-bond donors (Lipinski definition) is 1. The first-order valence-electron chi connectivity index (χ1n) is 7.01. The lowest BCUT2D eigenvalue weighted by Gasteiger charge is -2.16. The smallest absolute Gasteiger partial charge is 0.0482 e. The Morgan fingerprint density at radius 1 is 1.21 bits per heavy atom. The van der Waals surface area contributed by atoms with E-state index in [-0.39, 0.29) is 0 Å². The van der Waals surface area contributed by atoms with E-state index in [2.05, 4.69) is 60.1 Å². The fourth-order valence-corrected chi connectivity index (χ4v) is 2.63. The van der Waals surface area contributed by atoms with Crippen LogP contribution in [0.15, 0.2) is 24.3 Å². The summed E-state index contributed by atoms with van der Waals surface area (Å²) >= 11 is 0. The maximum Gasteiger partial charge on any atom is 0.0482 e. The van der Waals surface area contributed by atoms with Crippen LogP contribution in [0.1, 0.15) is 11.3 Å². The van der Waals surface area contributed by atoms with Crippen molar-refractivity contribution in [3.05, 3.63) is 35.5 Å². The number of nitrogens with one attached hydrogen (secondary N) is 1. The number of rotatable bonds is 6. The zero-order valence-electron chi connectivity index (χ0n) is 12.5. The molecule has 0 saturated carbocycles.